The lowest BCUT2D eigenvalue weighted by molar-refractivity contribution is -0.148. The molecule has 0 fully saturated rings. The number of aliphatic carboxylic acids is 3. The summed E-state index contributed by atoms with van der Waals surface area (Å²) >= 11 is 1.44. The third-order valence-electron chi connectivity index (χ3n) is 6.43. The number of carboxylic acid groups (broad SMARTS) is 3. The van der Waals surface area contributed by atoms with Crippen molar-refractivity contribution >= 4 is 62.9 Å². The Morgan fingerprint density at radius 2 is 1.63 bits per heavy atom. The largest absolute Gasteiger partial charge is 0.481 e. The number of nitrogen functional groups attached to an aromatic ring is 2. The Balaban J connectivity index is 1.65. The van der Waals surface area contributed by atoms with Gasteiger partial charge in [-0.25, -0.2) is 4.98 Å². The minimum absolute atomic E-state index is 0.120. The Kier molecular flexibility index (Phi) is 10.3. The van der Waals surface area contributed by atoms with Crippen molar-refractivity contribution in [2.45, 2.75) is 50.6 Å². The van der Waals surface area contributed by atoms with Crippen molar-refractivity contribution in [3.05, 3.63) is 46.3 Å². The molecule has 1 aromatic carbocycles. The van der Waals surface area contributed by atoms with Crippen LogP contribution in [0.15, 0.2) is 29.6 Å². The molecule has 3 atom stereocenters. The molecule has 2 heterocycles. The van der Waals surface area contributed by atoms with Crippen molar-refractivity contribution in [1.82, 2.24) is 15.3 Å². The Hall–Kier alpha value is -4.63. The van der Waals surface area contributed by atoms with Gasteiger partial charge in [0, 0.05) is 12.0 Å². The van der Waals surface area contributed by atoms with Gasteiger partial charge in [-0.1, -0.05) is 12.1 Å². The fraction of sp³-hybridized carbons (Fsp3) is 0.346. The molecular weight excluding hydrogens is 556 g/mol. The lowest BCUT2D eigenvalue weighted by atomic mass is 9.89. The Labute approximate surface area is 237 Å². The van der Waals surface area contributed by atoms with Crippen molar-refractivity contribution in [2.75, 3.05) is 11.5 Å². The summed E-state index contributed by atoms with van der Waals surface area (Å²) < 4.78 is 0. The predicted molar refractivity (Wildman–Crippen MR) is 149 cm³/mol. The van der Waals surface area contributed by atoms with Crippen molar-refractivity contribution in [2.24, 2.45) is 11.7 Å². The van der Waals surface area contributed by atoms with Gasteiger partial charge < -0.3 is 37.8 Å². The van der Waals surface area contributed by atoms with Gasteiger partial charge in [0.05, 0.1) is 11.4 Å². The number of rotatable bonds is 15. The van der Waals surface area contributed by atoms with Crippen LogP contribution in [0.3, 0.4) is 0 Å². The maximum atomic E-state index is 13.0. The molecule has 41 heavy (non-hydrogen) atoms. The van der Waals surface area contributed by atoms with E-state index in [2.05, 4.69) is 15.3 Å². The minimum atomic E-state index is -1.85. The third kappa shape index (κ3) is 8.18. The first-order chi connectivity index (χ1) is 19.4. The molecule has 0 aliphatic rings. The number of Topliss-reactive ketones (excluding diaryl/α,β-unsaturated/α-hetero) is 1. The number of aryl methyl sites for hydroxylation is 2. The highest BCUT2D eigenvalue weighted by Gasteiger charge is 2.36. The van der Waals surface area contributed by atoms with E-state index in [1.54, 1.807) is 12.1 Å². The number of carboxylic acids is 3. The summed E-state index contributed by atoms with van der Waals surface area (Å²) in [7, 11) is 0. The number of hydrogen-bond acceptors (Lipinski definition) is 11. The number of amides is 1. The molecule has 15 heteroatoms. The summed E-state index contributed by atoms with van der Waals surface area (Å²) in [4.78, 5) is 68.6. The summed E-state index contributed by atoms with van der Waals surface area (Å²) in [5, 5.41) is 32.7. The van der Waals surface area contributed by atoms with Crippen molar-refractivity contribution in [1.29, 1.82) is 0 Å². The number of ketones is 1. The summed E-state index contributed by atoms with van der Waals surface area (Å²) in [6, 6.07) is 3.43. The van der Waals surface area contributed by atoms with Crippen LogP contribution in [0.4, 0.5) is 11.8 Å². The molecule has 218 valence electrons. The number of thiophene rings is 1. The van der Waals surface area contributed by atoms with Crippen molar-refractivity contribution in [3.8, 4) is 0 Å². The van der Waals surface area contributed by atoms with Gasteiger partial charge in [-0.15, -0.1) is 11.3 Å². The molecule has 0 saturated carbocycles. The zero-order chi connectivity index (χ0) is 30.3. The number of hydrogen-bond donors (Lipinski definition) is 7. The quantitative estimate of drug-likeness (QED) is 0.123. The van der Waals surface area contributed by atoms with E-state index in [-0.39, 0.29) is 17.9 Å². The van der Waals surface area contributed by atoms with Gasteiger partial charge in [-0.2, -0.15) is 4.98 Å². The molecule has 2 aromatic heterocycles. The number of fused-ring (bicyclic) bond motifs is 1. The van der Waals surface area contributed by atoms with Gasteiger partial charge in [0.2, 0.25) is 5.95 Å². The number of carbonyl (C=O) groups excluding carboxylic acids is 2. The van der Waals surface area contributed by atoms with Crippen LogP contribution in [0.1, 0.15) is 47.2 Å². The lowest BCUT2D eigenvalue weighted by Crippen LogP contribution is -2.47. The topological polar surface area (TPSA) is 262 Å². The first-order valence-corrected chi connectivity index (χ1v) is 13.4. The fourth-order valence-corrected chi connectivity index (χ4v) is 5.26. The van der Waals surface area contributed by atoms with Crippen LogP contribution >= 0.6 is 11.3 Å². The SMILES string of the molecule is Nc1nc(N)c2c(CCCc3ccc(C(=O)N[C@@H](CCC(=O)O)C(=O)C(C[C@H](N)C(=O)O)C(=O)O)cc3)csc2n1. The highest BCUT2D eigenvalue weighted by atomic mass is 32.1. The van der Waals surface area contributed by atoms with Crippen molar-refractivity contribution in [3.63, 3.8) is 0 Å². The zero-order valence-corrected chi connectivity index (χ0v) is 22.6. The molecule has 0 spiro atoms. The second kappa shape index (κ2) is 13.6. The molecule has 3 rings (SSSR count). The number of aromatic nitrogens is 2. The van der Waals surface area contributed by atoms with Gasteiger partial charge in [-0.3, -0.25) is 24.0 Å². The maximum Gasteiger partial charge on any atom is 0.320 e. The van der Waals surface area contributed by atoms with E-state index in [0.717, 1.165) is 27.8 Å². The van der Waals surface area contributed by atoms with E-state index in [0.29, 0.717) is 18.7 Å². The van der Waals surface area contributed by atoms with E-state index in [4.69, 9.17) is 27.4 Å². The zero-order valence-electron chi connectivity index (χ0n) is 21.8. The second-order valence-corrected chi connectivity index (χ2v) is 10.2. The average molecular weight is 587 g/mol. The molecular formula is C26H30N6O8S. The number of carbonyl (C=O) groups is 5. The lowest BCUT2D eigenvalue weighted by Gasteiger charge is -2.22. The van der Waals surface area contributed by atoms with Gasteiger partial charge in [0.15, 0.2) is 5.78 Å². The van der Waals surface area contributed by atoms with Crippen LogP contribution in [0.5, 0.6) is 0 Å². The highest BCUT2D eigenvalue weighted by Crippen LogP contribution is 2.30. The average Bonchev–Trinajstić information content (AvgIpc) is 3.31. The summed E-state index contributed by atoms with van der Waals surface area (Å²) in [6.45, 7) is 0. The van der Waals surface area contributed by atoms with E-state index in [1.165, 1.54) is 23.5 Å². The molecule has 0 radical (unpaired) electrons. The monoisotopic (exact) mass is 586 g/mol. The smallest absolute Gasteiger partial charge is 0.320 e. The van der Waals surface area contributed by atoms with Gasteiger partial charge in [0.25, 0.3) is 5.91 Å². The summed E-state index contributed by atoms with van der Waals surface area (Å²) in [5.74, 6) is -7.52. The Bertz CT molecular complexity index is 1460. The maximum absolute atomic E-state index is 13.0. The van der Waals surface area contributed by atoms with E-state index in [1.807, 2.05) is 5.38 Å². The molecule has 14 nitrogen and oxygen atoms in total. The molecule has 10 N–H and O–H groups in total. The first-order valence-electron chi connectivity index (χ1n) is 12.5. The molecule has 0 bridgehead atoms. The molecule has 3 aromatic rings. The van der Waals surface area contributed by atoms with Gasteiger partial charge in [0.1, 0.15) is 22.6 Å². The first kappa shape index (κ1) is 30.9. The molecule has 0 saturated heterocycles. The minimum Gasteiger partial charge on any atom is -0.481 e. The number of benzene rings is 1. The molecule has 1 amide bonds. The molecule has 0 aliphatic carbocycles. The van der Waals surface area contributed by atoms with Crippen LogP contribution in [-0.4, -0.2) is 67.0 Å². The van der Waals surface area contributed by atoms with Gasteiger partial charge >= 0.3 is 17.9 Å². The normalized spacial score (nSPS) is 13.3. The number of nitrogens with one attached hydrogen (secondary N) is 1. The van der Waals surface area contributed by atoms with Crippen LogP contribution < -0.4 is 22.5 Å². The number of nitrogens with two attached hydrogens (primary N) is 3. The van der Waals surface area contributed by atoms with E-state index < -0.39 is 60.4 Å². The van der Waals surface area contributed by atoms with Crippen molar-refractivity contribution < 1.29 is 39.3 Å². The van der Waals surface area contributed by atoms with Crippen LogP contribution in [0.25, 0.3) is 10.2 Å². The summed E-state index contributed by atoms with van der Waals surface area (Å²) in [6.07, 6.45) is 0.525. The van der Waals surface area contributed by atoms with Gasteiger partial charge in [-0.05, 0) is 60.7 Å². The predicted octanol–water partition coefficient (Wildman–Crippen LogP) is 1.07. The van der Waals surface area contributed by atoms with Crippen LogP contribution in [0, 0.1) is 5.92 Å². The molecule has 1 unspecified atom stereocenters. The van der Waals surface area contributed by atoms with Crippen LogP contribution in [-0.2, 0) is 32.0 Å². The van der Waals surface area contributed by atoms with E-state index >= 15 is 0 Å². The number of anilines is 2. The molecule has 0 aliphatic heterocycles. The van der Waals surface area contributed by atoms with Crippen LogP contribution in [0.2, 0.25) is 0 Å². The third-order valence-corrected chi connectivity index (χ3v) is 7.35. The number of nitrogens with zero attached hydrogens (tertiary/aromatic N) is 2. The second-order valence-electron chi connectivity index (χ2n) is 9.39. The highest BCUT2D eigenvalue weighted by molar-refractivity contribution is 7.17. The summed E-state index contributed by atoms with van der Waals surface area (Å²) in [5.41, 5.74) is 19.2. The Morgan fingerprint density at radius 1 is 0.951 bits per heavy atom. The van der Waals surface area contributed by atoms with E-state index in [9.17, 15) is 29.1 Å². The Morgan fingerprint density at radius 3 is 2.24 bits per heavy atom. The standard InChI is InChI=1S/C26H30N6O8S/c27-16(25(39)40)10-15(24(37)38)20(35)17(8-9-18(33)34)30-22(36)13-6-4-12(5-7-13)2-1-3-14-11-41-23-19(14)21(28)31-26(29)32-23/h4-7,11,15-17H,1-3,8-10,27H2,(H,30,36)(H,33,34)(H,37,38)(H,39,40)(H4,28,29,31,32)/t15?,16-,17-/m0/s1. The fourth-order valence-electron chi connectivity index (χ4n) is 4.27.